The summed E-state index contributed by atoms with van der Waals surface area (Å²) in [6.07, 6.45) is 1.75. The zero-order chi connectivity index (χ0) is 15.2. The highest BCUT2D eigenvalue weighted by Crippen LogP contribution is 2.48. The van der Waals surface area contributed by atoms with E-state index in [0.717, 1.165) is 24.1 Å². The normalized spacial score (nSPS) is 20.3. The van der Waals surface area contributed by atoms with E-state index in [9.17, 15) is 8.42 Å². The smallest absolute Gasteiger partial charge is 0.273 e. The van der Waals surface area contributed by atoms with E-state index < -0.39 is 10.0 Å². The third-order valence-corrected chi connectivity index (χ3v) is 7.81. The first-order valence-corrected chi connectivity index (χ1v) is 9.69. The molecule has 1 aromatic heterocycles. The van der Waals surface area contributed by atoms with Crippen molar-refractivity contribution in [2.75, 3.05) is 24.1 Å². The molecular formula is C16H17NO3S2. The number of thiophene rings is 1. The van der Waals surface area contributed by atoms with Gasteiger partial charge in [-0.05, 0) is 35.9 Å². The van der Waals surface area contributed by atoms with Crippen LogP contribution in [0.1, 0.15) is 18.4 Å². The zero-order valence-electron chi connectivity index (χ0n) is 12.1. The van der Waals surface area contributed by atoms with E-state index in [1.165, 1.54) is 11.3 Å². The number of benzene rings is 1. The highest BCUT2D eigenvalue weighted by molar-refractivity contribution is 7.94. The van der Waals surface area contributed by atoms with Crippen LogP contribution >= 0.6 is 11.3 Å². The number of para-hydroxylation sites is 1. The van der Waals surface area contributed by atoms with Gasteiger partial charge in [0.05, 0.1) is 5.69 Å². The predicted molar refractivity (Wildman–Crippen MR) is 87.0 cm³/mol. The van der Waals surface area contributed by atoms with Crippen LogP contribution in [0.2, 0.25) is 0 Å². The number of nitrogens with zero attached hydrogens (tertiary/aromatic N) is 1. The molecule has 0 amide bonds. The van der Waals surface area contributed by atoms with Crippen LogP contribution in [0.25, 0.3) is 0 Å². The Morgan fingerprint density at radius 2 is 1.86 bits per heavy atom. The first-order valence-electron chi connectivity index (χ1n) is 7.37. The second-order valence-electron chi connectivity index (χ2n) is 5.85. The maximum Gasteiger partial charge on any atom is 0.273 e. The van der Waals surface area contributed by atoms with E-state index in [4.69, 9.17) is 4.74 Å². The Balaban J connectivity index is 1.83. The fourth-order valence-electron chi connectivity index (χ4n) is 3.51. The third kappa shape index (κ3) is 2.01. The molecule has 3 heterocycles. The lowest BCUT2D eigenvalue weighted by molar-refractivity contribution is 0.0560. The molecule has 4 rings (SSSR count). The topological polar surface area (TPSA) is 46.6 Å². The number of sulfonamides is 1. The lowest BCUT2D eigenvalue weighted by Crippen LogP contribution is -2.40. The minimum atomic E-state index is -3.47. The first kappa shape index (κ1) is 14.2. The number of hydrogen-bond acceptors (Lipinski definition) is 4. The largest absolute Gasteiger partial charge is 0.381 e. The molecule has 2 aliphatic rings. The van der Waals surface area contributed by atoms with E-state index in [1.54, 1.807) is 21.8 Å². The molecule has 1 spiro atoms. The van der Waals surface area contributed by atoms with Crippen LogP contribution in [0.3, 0.4) is 0 Å². The fourth-order valence-corrected chi connectivity index (χ4v) is 6.18. The van der Waals surface area contributed by atoms with Gasteiger partial charge in [-0.15, -0.1) is 11.3 Å². The van der Waals surface area contributed by atoms with Crippen molar-refractivity contribution in [3.05, 3.63) is 47.3 Å². The van der Waals surface area contributed by atoms with E-state index >= 15 is 0 Å². The minimum absolute atomic E-state index is 0.0980. The summed E-state index contributed by atoms with van der Waals surface area (Å²) in [5.41, 5.74) is 1.88. The van der Waals surface area contributed by atoms with E-state index in [2.05, 4.69) is 6.07 Å². The fraction of sp³-hybridized carbons (Fsp3) is 0.375. The molecule has 6 heteroatoms. The van der Waals surface area contributed by atoms with Crippen molar-refractivity contribution in [1.82, 2.24) is 0 Å². The van der Waals surface area contributed by atoms with Gasteiger partial charge in [0.15, 0.2) is 0 Å². The second-order valence-corrected chi connectivity index (χ2v) is 8.89. The molecule has 0 bridgehead atoms. The standard InChI is InChI=1S/C16H17NO3S2/c18-22(19,15-6-3-11-21-15)17-12-16(7-9-20-10-8-16)13-4-1-2-5-14(13)17/h1-6,11H,7-10,12H2. The molecule has 0 aliphatic carbocycles. The van der Waals surface area contributed by atoms with E-state index in [0.29, 0.717) is 24.0 Å². The summed E-state index contributed by atoms with van der Waals surface area (Å²) in [7, 11) is -3.47. The number of rotatable bonds is 2. The van der Waals surface area contributed by atoms with E-state index in [-0.39, 0.29) is 5.41 Å². The molecule has 0 radical (unpaired) electrons. The minimum Gasteiger partial charge on any atom is -0.381 e. The molecule has 2 aliphatic heterocycles. The van der Waals surface area contributed by atoms with Crippen LogP contribution in [0.5, 0.6) is 0 Å². The van der Waals surface area contributed by atoms with Gasteiger partial charge in [0, 0.05) is 25.2 Å². The lowest BCUT2D eigenvalue weighted by atomic mass is 9.76. The molecule has 0 N–H and O–H groups in total. The number of ether oxygens (including phenoxy) is 1. The Morgan fingerprint density at radius 1 is 1.09 bits per heavy atom. The number of anilines is 1. The molecule has 1 saturated heterocycles. The zero-order valence-corrected chi connectivity index (χ0v) is 13.7. The first-order chi connectivity index (χ1) is 10.6. The molecule has 116 valence electrons. The van der Waals surface area contributed by atoms with Crippen LogP contribution in [0.15, 0.2) is 46.0 Å². The average Bonchev–Trinajstić information content (AvgIpc) is 3.17. The maximum atomic E-state index is 13.0. The highest BCUT2D eigenvalue weighted by atomic mass is 32.2. The van der Waals surface area contributed by atoms with Crippen molar-refractivity contribution in [2.45, 2.75) is 22.5 Å². The molecule has 22 heavy (non-hydrogen) atoms. The summed E-state index contributed by atoms with van der Waals surface area (Å²) in [5.74, 6) is 0. The monoisotopic (exact) mass is 335 g/mol. The molecule has 4 nitrogen and oxygen atoms in total. The summed E-state index contributed by atoms with van der Waals surface area (Å²) >= 11 is 1.27. The van der Waals surface area contributed by atoms with Crippen molar-refractivity contribution in [3.63, 3.8) is 0 Å². The molecular weight excluding hydrogens is 318 g/mol. The maximum absolute atomic E-state index is 13.0. The van der Waals surface area contributed by atoms with Gasteiger partial charge in [0.2, 0.25) is 0 Å². The molecule has 0 unspecified atom stereocenters. The number of fused-ring (bicyclic) bond motifs is 2. The van der Waals surface area contributed by atoms with Crippen molar-refractivity contribution >= 4 is 27.0 Å². The van der Waals surface area contributed by atoms with Gasteiger partial charge in [0.25, 0.3) is 10.0 Å². The Morgan fingerprint density at radius 3 is 2.59 bits per heavy atom. The summed E-state index contributed by atoms with van der Waals surface area (Å²) in [6.45, 7) is 1.92. The van der Waals surface area contributed by atoms with E-state index in [1.807, 2.05) is 18.2 Å². The summed E-state index contributed by atoms with van der Waals surface area (Å²) in [5, 5.41) is 1.80. The van der Waals surface area contributed by atoms with Gasteiger partial charge in [-0.1, -0.05) is 24.3 Å². The van der Waals surface area contributed by atoms with Crippen molar-refractivity contribution in [2.24, 2.45) is 0 Å². The molecule has 2 aromatic rings. The van der Waals surface area contributed by atoms with Gasteiger partial charge in [0.1, 0.15) is 4.21 Å². The quantitative estimate of drug-likeness (QED) is 0.847. The van der Waals surface area contributed by atoms with Crippen molar-refractivity contribution in [1.29, 1.82) is 0 Å². The molecule has 1 fully saturated rings. The second kappa shape index (κ2) is 5.08. The predicted octanol–water partition coefficient (Wildman–Crippen LogP) is 3.01. The molecule has 1 aromatic carbocycles. The Hall–Kier alpha value is -1.37. The van der Waals surface area contributed by atoms with Gasteiger partial charge >= 0.3 is 0 Å². The van der Waals surface area contributed by atoms with Crippen LogP contribution < -0.4 is 4.31 Å². The SMILES string of the molecule is O=S(=O)(c1cccs1)N1CC2(CCOCC2)c2ccccc21. The number of hydrogen-bond donors (Lipinski definition) is 0. The van der Waals surface area contributed by atoms with Crippen LogP contribution in [-0.2, 0) is 20.2 Å². The van der Waals surface area contributed by atoms with Crippen LogP contribution in [0.4, 0.5) is 5.69 Å². The van der Waals surface area contributed by atoms with Gasteiger partial charge in [-0.25, -0.2) is 8.42 Å². The summed E-state index contributed by atoms with van der Waals surface area (Å²) in [4.78, 5) is 0. The molecule has 0 atom stereocenters. The summed E-state index contributed by atoms with van der Waals surface area (Å²) < 4.78 is 33.5. The summed E-state index contributed by atoms with van der Waals surface area (Å²) in [6, 6.07) is 11.4. The third-order valence-electron chi connectivity index (χ3n) is 4.68. The van der Waals surface area contributed by atoms with Crippen LogP contribution in [-0.4, -0.2) is 28.2 Å². The van der Waals surface area contributed by atoms with Crippen molar-refractivity contribution < 1.29 is 13.2 Å². The van der Waals surface area contributed by atoms with Gasteiger partial charge in [-0.3, -0.25) is 4.31 Å². The lowest BCUT2D eigenvalue weighted by Gasteiger charge is -2.34. The Labute approximate surface area is 134 Å². The Bertz CT molecular complexity index is 777. The van der Waals surface area contributed by atoms with Crippen LogP contribution in [0, 0.1) is 0 Å². The Kier molecular flexibility index (Phi) is 3.29. The van der Waals surface area contributed by atoms with Gasteiger partial charge in [-0.2, -0.15) is 0 Å². The highest BCUT2D eigenvalue weighted by Gasteiger charge is 2.47. The van der Waals surface area contributed by atoms with Gasteiger partial charge < -0.3 is 4.74 Å². The van der Waals surface area contributed by atoms with Crippen molar-refractivity contribution in [3.8, 4) is 0 Å². The average molecular weight is 335 g/mol. The molecule has 0 saturated carbocycles.